The first-order chi connectivity index (χ1) is 9.47. The van der Waals surface area contributed by atoms with Gasteiger partial charge in [0, 0.05) is 13.1 Å². The monoisotopic (exact) mass is 277 g/mol. The van der Waals surface area contributed by atoms with E-state index in [2.05, 4.69) is 42.8 Å². The molecule has 0 aliphatic carbocycles. The molecule has 1 aromatic heterocycles. The van der Waals surface area contributed by atoms with E-state index in [-0.39, 0.29) is 5.84 Å². The maximum atomic E-state index is 7.91. The molecule has 0 aliphatic rings. The Labute approximate surface area is 122 Å². The van der Waals surface area contributed by atoms with E-state index < -0.39 is 0 Å². The van der Waals surface area contributed by atoms with Crippen LogP contribution in [-0.4, -0.2) is 29.1 Å². The van der Waals surface area contributed by atoms with Crippen molar-refractivity contribution in [3.63, 3.8) is 0 Å². The summed E-state index contributed by atoms with van der Waals surface area (Å²) in [6, 6.07) is 0.351. The summed E-state index contributed by atoms with van der Waals surface area (Å²) in [6.07, 6.45) is 3.82. The molecule has 0 fully saturated rings. The molecule has 3 N–H and O–H groups in total. The number of aromatic nitrogens is 2. The van der Waals surface area contributed by atoms with Gasteiger partial charge in [-0.1, -0.05) is 27.2 Å². The second kappa shape index (κ2) is 7.22. The van der Waals surface area contributed by atoms with E-state index >= 15 is 0 Å². The Morgan fingerprint density at radius 3 is 2.35 bits per heavy atom. The number of anilines is 1. The normalized spacial score (nSPS) is 12.2. The van der Waals surface area contributed by atoms with Gasteiger partial charge in [0.2, 0.25) is 0 Å². The number of nitrogen functional groups attached to an aromatic ring is 1. The van der Waals surface area contributed by atoms with Crippen LogP contribution in [0.15, 0.2) is 0 Å². The first kappa shape index (κ1) is 16.4. The third-order valence-corrected chi connectivity index (χ3v) is 3.80. The summed E-state index contributed by atoms with van der Waals surface area (Å²) in [5.74, 6) is 0.810. The third kappa shape index (κ3) is 3.26. The minimum absolute atomic E-state index is 0.0806. The Morgan fingerprint density at radius 2 is 1.90 bits per heavy atom. The van der Waals surface area contributed by atoms with Gasteiger partial charge in [0.1, 0.15) is 5.84 Å². The van der Waals surface area contributed by atoms with Crippen molar-refractivity contribution in [3.05, 3.63) is 16.8 Å². The highest BCUT2D eigenvalue weighted by molar-refractivity contribution is 6.01. The molecule has 0 aliphatic heterocycles. The molecule has 1 unspecified atom stereocenters. The van der Waals surface area contributed by atoms with Crippen LogP contribution in [0.25, 0.3) is 0 Å². The number of aryl methyl sites for hydroxylation is 1. The van der Waals surface area contributed by atoms with Crippen molar-refractivity contribution >= 4 is 11.7 Å². The standard InChI is InChI=1S/C15H27N5/c1-6-9-10(4)20(5)15-13(14(16)17)11(7-2)12(8-3)18-19-15/h10H,6-9H2,1-5H3,(H3,16,17). The van der Waals surface area contributed by atoms with Crippen LogP contribution in [0.3, 0.4) is 0 Å². The summed E-state index contributed by atoms with van der Waals surface area (Å²) in [5, 5.41) is 16.6. The first-order valence-electron chi connectivity index (χ1n) is 7.43. The van der Waals surface area contributed by atoms with Crippen LogP contribution in [0.2, 0.25) is 0 Å². The van der Waals surface area contributed by atoms with Crippen LogP contribution in [0.5, 0.6) is 0 Å². The van der Waals surface area contributed by atoms with Crippen molar-refractivity contribution in [1.29, 1.82) is 5.41 Å². The predicted octanol–water partition coefficient (Wildman–Crippen LogP) is 2.51. The van der Waals surface area contributed by atoms with Gasteiger partial charge in [0.05, 0.1) is 11.3 Å². The molecule has 112 valence electrons. The number of rotatable bonds is 7. The van der Waals surface area contributed by atoms with Gasteiger partial charge in [-0.15, -0.1) is 5.10 Å². The number of amidine groups is 1. The Bertz CT molecular complexity index is 470. The predicted molar refractivity (Wildman–Crippen MR) is 84.6 cm³/mol. The summed E-state index contributed by atoms with van der Waals surface area (Å²) in [4.78, 5) is 2.09. The first-order valence-corrected chi connectivity index (χ1v) is 7.43. The molecule has 0 bridgehead atoms. The molecule has 5 nitrogen and oxygen atoms in total. The quantitative estimate of drug-likeness (QED) is 0.593. The average molecular weight is 277 g/mol. The number of hydrogen-bond acceptors (Lipinski definition) is 4. The molecule has 0 spiro atoms. The van der Waals surface area contributed by atoms with E-state index in [1.165, 1.54) is 0 Å². The van der Waals surface area contributed by atoms with E-state index in [4.69, 9.17) is 11.1 Å². The molecule has 0 radical (unpaired) electrons. The third-order valence-electron chi connectivity index (χ3n) is 3.80. The largest absolute Gasteiger partial charge is 0.384 e. The molecule has 1 aromatic rings. The lowest BCUT2D eigenvalue weighted by Gasteiger charge is -2.28. The fourth-order valence-corrected chi connectivity index (χ4v) is 2.51. The maximum absolute atomic E-state index is 7.91. The zero-order valence-corrected chi connectivity index (χ0v) is 13.3. The van der Waals surface area contributed by atoms with Gasteiger partial charge >= 0.3 is 0 Å². The topological polar surface area (TPSA) is 78.9 Å². The molecule has 0 aromatic carbocycles. The van der Waals surface area contributed by atoms with Crippen LogP contribution in [0.1, 0.15) is 57.4 Å². The van der Waals surface area contributed by atoms with E-state index in [9.17, 15) is 0 Å². The summed E-state index contributed by atoms with van der Waals surface area (Å²) in [5.41, 5.74) is 8.57. The van der Waals surface area contributed by atoms with Gasteiger partial charge in [-0.05, 0) is 31.7 Å². The van der Waals surface area contributed by atoms with Gasteiger partial charge in [0.15, 0.2) is 5.82 Å². The molecule has 1 rings (SSSR count). The zero-order chi connectivity index (χ0) is 15.3. The van der Waals surface area contributed by atoms with Gasteiger partial charge in [0.25, 0.3) is 0 Å². The van der Waals surface area contributed by atoms with E-state index in [1.807, 2.05) is 7.05 Å². The van der Waals surface area contributed by atoms with E-state index in [0.717, 1.165) is 48.3 Å². The molecular formula is C15H27N5. The lowest BCUT2D eigenvalue weighted by Crippen LogP contribution is -2.33. The highest BCUT2D eigenvalue weighted by Crippen LogP contribution is 2.25. The molecule has 0 amide bonds. The fraction of sp³-hybridized carbons (Fsp3) is 0.667. The maximum Gasteiger partial charge on any atom is 0.162 e. The SMILES string of the molecule is CCCC(C)N(C)c1nnc(CC)c(CC)c1C(=N)N. The zero-order valence-electron chi connectivity index (χ0n) is 13.3. The Kier molecular flexibility index (Phi) is 5.92. The molecule has 5 heteroatoms. The van der Waals surface area contributed by atoms with Crippen molar-refractivity contribution in [2.24, 2.45) is 5.73 Å². The van der Waals surface area contributed by atoms with Gasteiger partial charge in [-0.3, -0.25) is 5.41 Å². The molecule has 1 atom stereocenters. The van der Waals surface area contributed by atoms with Gasteiger partial charge in [-0.2, -0.15) is 5.10 Å². The highest BCUT2D eigenvalue weighted by atomic mass is 15.3. The van der Waals surface area contributed by atoms with Crippen molar-refractivity contribution in [2.45, 2.75) is 59.4 Å². The van der Waals surface area contributed by atoms with Crippen LogP contribution in [0.4, 0.5) is 5.82 Å². The van der Waals surface area contributed by atoms with E-state index in [0.29, 0.717) is 6.04 Å². The van der Waals surface area contributed by atoms with Crippen molar-refractivity contribution in [1.82, 2.24) is 10.2 Å². The van der Waals surface area contributed by atoms with Gasteiger partial charge in [-0.25, -0.2) is 0 Å². The lowest BCUT2D eigenvalue weighted by atomic mass is 10.0. The van der Waals surface area contributed by atoms with Crippen LogP contribution in [-0.2, 0) is 12.8 Å². The second-order valence-corrected chi connectivity index (χ2v) is 5.19. The van der Waals surface area contributed by atoms with Crippen molar-refractivity contribution in [3.8, 4) is 0 Å². The van der Waals surface area contributed by atoms with E-state index in [1.54, 1.807) is 0 Å². The summed E-state index contributed by atoms with van der Waals surface area (Å²) in [6.45, 7) is 8.45. The second-order valence-electron chi connectivity index (χ2n) is 5.19. The highest BCUT2D eigenvalue weighted by Gasteiger charge is 2.21. The summed E-state index contributed by atoms with van der Waals surface area (Å²) >= 11 is 0. The molecular weight excluding hydrogens is 250 g/mol. The number of hydrogen-bond donors (Lipinski definition) is 2. The average Bonchev–Trinajstić information content (AvgIpc) is 2.44. The van der Waals surface area contributed by atoms with Crippen LogP contribution in [0, 0.1) is 5.41 Å². The number of nitrogens with two attached hydrogens (primary N) is 1. The Balaban J connectivity index is 3.36. The minimum atomic E-state index is 0.0806. The van der Waals surface area contributed by atoms with Crippen molar-refractivity contribution in [2.75, 3.05) is 11.9 Å². The number of nitrogens with zero attached hydrogens (tertiary/aromatic N) is 3. The van der Waals surface area contributed by atoms with Crippen LogP contribution < -0.4 is 10.6 Å². The van der Waals surface area contributed by atoms with Crippen LogP contribution >= 0.6 is 0 Å². The summed E-state index contributed by atoms with van der Waals surface area (Å²) in [7, 11) is 2.00. The Morgan fingerprint density at radius 1 is 1.25 bits per heavy atom. The minimum Gasteiger partial charge on any atom is -0.384 e. The molecule has 0 saturated heterocycles. The molecule has 0 saturated carbocycles. The number of nitrogens with one attached hydrogen (secondary N) is 1. The smallest absolute Gasteiger partial charge is 0.162 e. The fourth-order valence-electron chi connectivity index (χ4n) is 2.51. The summed E-state index contributed by atoms with van der Waals surface area (Å²) < 4.78 is 0. The molecule has 1 heterocycles. The molecule has 20 heavy (non-hydrogen) atoms. The van der Waals surface area contributed by atoms with Gasteiger partial charge < -0.3 is 10.6 Å². The lowest BCUT2D eigenvalue weighted by molar-refractivity contribution is 0.606. The Hall–Kier alpha value is -1.65. The van der Waals surface area contributed by atoms with Crippen molar-refractivity contribution < 1.29 is 0 Å².